The SMILES string of the molecule is C/C=C/C(CC)=C(/C(=O)O)C(=O)/C(C(=O)O)=C(\C=C\C)CC. The Morgan fingerprint density at radius 1 is 0.773 bits per heavy atom. The summed E-state index contributed by atoms with van der Waals surface area (Å²) in [4.78, 5) is 35.5. The van der Waals surface area contributed by atoms with E-state index < -0.39 is 28.9 Å². The molecule has 2 N–H and O–H groups in total. The predicted octanol–water partition coefficient (Wildman–Crippen LogP) is 3.29. The van der Waals surface area contributed by atoms with Gasteiger partial charge in [0.15, 0.2) is 0 Å². The summed E-state index contributed by atoms with van der Waals surface area (Å²) in [6.45, 7) is 6.82. The first-order valence-electron chi connectivity index (χ1n) is 7.08. The van der Waals surface area contributed by atoms with E-state index in [1.807, 2.05) is 0 Å². The Morgan fingerprint density at radius 3 is 1.27 bits per heavy atom. The fourth-order valence-electron chi connectivity index (χ4n) is 2.04. The smallest absolute Gasteiger partial charge is 0.339 e. The van der Waals surface area contributed by atoms with Crippen LogP contribution in [0, 0.1) is 0 Å². The topological polar surface area (TPSA) is 91.7 Å². The number of hydrogen-bond donors (Lipinski definition) is 2. The molecule has 0 heterocycles. The zero-order chi connectivity index (χ0) is 17.3. The molecule has 120 valence electrons. The Labute approximate surface area is 130 Å². The van der Waals surface area contributed by atoms with Gasteiger partial charge in [-0.1, -0.05) is 38.2 Å². The second-order valence-electron chi connectivity index (χ2n) is 4.45. The molecule has 0 aromatic rings. The van der Waals surface area contributed by atoms with Gasteiger partial charge in [-0.3, -0.25) is 4.79 Å². The fraction of sp³-hybridized carbons (Fsp3) is 0.353. The average molecular weight is 306 g/mol. The van der Waals surface area contributed by atoms with Crippen molar-refractivity contribution in [3.05, 3.63) is 46.6 Å². The summed E-state index contributed by atoms with van der Waals surface area (Å²) in [6.07, 6.45) is 6.90. The Balaban J connectivity index is 6.45. The van der Waals surface area contributed by atoms with Crippen LogP contribution < -0.4 is 0 Å². The van der Waals surface area contributed by atoms with Gasteiger partial charge >= 0.3 is 11.9 Å². The van der Waals surface area contributed by atoms with Crippen molar-refractivity contribution in [1.82, 2.24) is 0 Å². The van der Waals surface area contributed by atoms with Crippen LogP contribution in [0.25, 0.3) is 0 Å². The maximum absolute atomic E-state index is 12.5. The molecule has 0 unspecified atom stereocenters. The maximum atomic E-state index is 12.5. The van der Waals surface area contributed by atoms with Crippen LogP contribution in [0.15, 0.2) is 46.6 Å². The van der Waals surface area contributed by atoms with Gasteiger partial charge in [0, 0.05) is 0 Å². The summed E-state index contributed by atoms with van der Waals surface area (Å²) in [5.41, 5.74) is -0.383. The summed E-state index contributed by atoms with van der Waals surface area (Å²) in [7, 11) is 0. The van der Waals surface area contributed by atoms with Crippen molar-refractivity contribution in [2.45, 2.75) is 40.5 Å². The number of carboxylic acids is 2. The normalized spacial score (nSPS) is 14.0. The minimum atomic E-state index is -1.42. The third-order valence-corrected chi connectivity index (χ3v) is 3.02. The number of ketones is 1. The van der Waals surface area contributed by atoms with Gasteiger partial charge in [0.1, 0.15) is 11.1 Å². The highest BCUT2D eigenvalue weighted by atomic mass is 16.4. The van der Waals surface area contributed by atoms with Crippen LogP contribution in [0.4, 0.5) is 0 Å². The van der Waals surface area contributed by atoms with Gasteiger partial charge in [0.05, 0.1) is 0 Å². The van der Waals surface area contributed by atoms with E-state index in [1.165, 1.54) is 12.2 Å². The molecule has 22 heavy (non-hydrogen) atoms. The van der Waals surface area contributed by atoms with E-state index in [0.29, 0.717) is 24.0 Å². The van der Waals surface area contributed by atoms with Crippen molar-refractivity contribution in [3.63, 3.8) is 0 Å². The zero-order valence-electron chi connectivity index (χ0n) is 13.3. The van der Waals surface area contributed by atoms with E-state index in [9.17, 15) is 24.6 Å². The first kappa shape index (κ1) is 19.6. The molecule has 0 saturated carbocycles. The standard InChI is InChI=1S/C17H22O5/c1-5-9-11(7-3)13(16(19)20)15(18)14(17(21)22)12(8-4)10-6-2/h5-6,9-10H,7-8H2,1-4H3,(H,19,20)(H,21,22)/b9-5+,10-6+,13-11+,14-12+. The van der Waals surface area contributed by atoms with E-state index in [-0.39, 0.29) is 0 Å². The van der Waals surface area contributed by atoms with Crippen LogP contribution in [0.5, 0.6) is 0 Å². The van der Waals surface area contributed by atoms with Gasteiger partial charge in [0.2, 0.25) is 5.78 Å². The van der Waals surface area contributed by atoms with Crippen LogP contribution in [0.1, 0.15) is 40.5 Å². The Kier molecular flexibility index (Phi) is 8.45. The van der Waals surface area contributed by atoms with Crippen LogP contribution in [0.3, 0.4) is 0 Å². The van der Waals surface area contributed by atoms with Gasteiger partial charge in [-0.25, -0.2) is 9.59 Å². The summed E-state index contributed by atoms with van der Waals surface area (Å²) in [6, 6.07) is 0. The first-order valence-corrected chi connectivity index (χ1v) is 7.08. The largest absolute Gasteiger partial charge is 0.478 e. The predicted molar refractivity (Wildman–Crippen MR) is 84.5 cm³/mol. The van der Waals surface area contributed by atoms with Crippen LogP contribution in [0.2, 0.25) is 0 Å². The lowest BCUT2D eigenvalue weighted by molar-refractivity contribution is -0.135. The Morgan fingerprint density at radius 2 is 1.09 bits per heavy atom. The summed E-state index contributed by atoms with van der Waals surface area (Å²) in [5.74, 6) is -3.81. The highest BCUT2D eigenvalue weighted by Gasteiger charge is 2.29. The maximum Gasteiger partial charge on any atom is 0.339 e. The molecule has 0 aliphatic rings. The number of allylic oxidation sites excluding steroid dienone is 6. The molecule has 0 aliphatic carbocycles. The number of Topliss-reactive ketones (excluding diaryl/α,β-unsaturated/α-hetero) is 1. The molecule has 5 nitrogen and oxygen atoms in total. The van der Waals surface area contributed by atoms with Gasteiger partial charge in [-0.05, 0) is 37.8 Å². The van der Waals surface area contributed by atoms with E-state index in [1.54, 1.807) is 39.8 Å². The fourth-order valence-corrected chi connectivity index (χ4v) is 2.04. The molecule has 0 fully saturated rings. The van der Waals surface area contributed by atoms with Gasteiger partial charge in [0.25, 0.3) is 0 Å². The van der Waals surface area contributed by atoms with E-state index in [4.69, 9.17) is 0 Å². The van der Waals surface area contributed by atoms with Crippen LogP contribution >= 0.6 is 0 Å². The monoisotopic (exact) mass is 306 g/mol. The second kappa shape index (κ2) is 9.50. The molecular formula is C17H22O5. The number of hydrogen-bond acceptors (Lipinski definition) is 3. The van der Waals surface area contributed by atoms with Crippen molar-refractivity contribution in [1.29, 1.82) is 0 Å². The zero-order valence-corrected chi connectivity index (χ0v) is 13.3. The summed E-state index contributed by atoms with van der Waals surface area (Å²) in [5, 5.41) is 18.7. The molecule has 0 saturated heterocycles. The number of rotatable bonds is 8. The third-order valence-electron chi connectivity index (χ3n) is 3.02. The minimum Gasteiger partial charge on any atom is -0.478 e. The molecule has 0 aromatic heterocycles. The first-order chi connectivity index (χ1) is 10.3. The van der Waals surface area contributed by atoms with Crippen LogP contribution in [-0.2, 0) is 14.4 Å². The highest BCUT2D eigenvalue weighted by Crippen LogP contribution is 2.21. The van der Waals surface area contributed by atoms with Crippen molar-refractivity contribution in [2.75, 3.05) is 0 Å². The lowest BCUT2D eigenvalue weighted by Crippen LogP contribution is -2.22. The molecule has 0 aliphatic heterocycles. The number of aliphatic carboxylic acids is 2. The Hall–Kier alpha value is -2.43. The summed E-state index contributed by atoms with van der Waals surface area (Å²) < 4.78 is 0. The van der Waals surface area contributed by atoms with Gasteiger partial charge < -0.3 is 10.2 Å². The number of carboxylic acid groups (broad SMARTS) is 2. The lowest BCUT2D eigenvalue weighted by Gasteiger charge is -2.10. The third kappa shape index (κ3) is 4.84. The van der Waals surface area contributed by atoms with Gasteiger partial charge in [-0.15, -0.1) is 0 Å². The van der Waals surface area contributed by atoms with Crippen molar-refractivity contribution in [2.24, 2.45) is 0 Å². The Bertz CT molecular complexity index is 524. The molecular weight excluding hydrogens is 284 g/mol. The minimum absolute atomic E-state index is 0.301. The second-order valence-corrected chi connectivity index (χ2v) is 4.45. The molecule has 5 heteroatoms. The molecule has 0 amide bonds. The molecule has 0 bridgehead atoms. The van der Waals surface area contributed by atoms with Crippen molar-refractivity contribution < 1.29 is 24.6 Å². The highest BCUT2D eigenvalue weighted by molar-refractivity contribution is 6.32. The van der Waals surface area contributed by atoms with E-state index in [2.05, 4.69) is 0 Å². The molecule has 0 aromatic carbocycles. The van der Waals surface area contributed by atoms with Gasteiger partial charge in [-0.2, -0.15) is 0 Å². The number of carbonyl (C=O) groups excluding carboxylic acids is 1. The molecule has 0 rings (SSSR count). The van der Waals surface area contributed by atoms with E-state index in [0.717, 1.165) is 0 Å². The average Bonchev–Trinajstić information content (AvgIpc) is 2.45. The molecule has 0 spiro atoms. The van der Waals surface area contributed by atoms with Crippen molar-refractivity contribution >= 4 is 17.7 Å². The lowest BCUT2D eigenvalue weighted by atomic mass is 9.92. The van der Waals surface area contributed by atoms with Crippen LogP contribution in [-0.4, -0.2) is 27.9 Å². The number of carbonyl (C=O) groups is 3. The quantitative estimate of drug-likeness (QED) is 0.311. The molecule has 0 atom stereocenters. The van der Waals surface area contributed by atoms with Crippen molar-refractivity contribution in [3.8, 4) is 0 Å². The summed E-state index contributed by atoms with van der Waals surface area (Å²) >= 11 is 0. The molecule has 0 radical (unpaired) electrons. The van der Waals surface area contributed by atoms with E-state index >= 15 is 0 Å².